The molecule has 0 atom stereocenters. The van der Waals surface area contributed by atoms with E-state index >= 15 is 0 Å². The van der Waals surface area contributed by atoms with E-state index in [1.54, 1.807) is 6.92 Å². The van der Waals surface area contributed by atoms with Crippen LogP contribution in [-0.2, 0) is 14.4 Å². The van der Waals surface area contributed by atoms with Gasteiger partial charge >= 0.3 is 5.97 Å². The highest BCUT2D eigenvalue weighted by Crippen LogP contribution is 2.45. The van der Waals surface area contributed by atoms with Crippen LogP contribution >= 0.6 is 0 Å². The summed E-state index contributed by atoms with van der Waals surface area (Å²) in [5, 5.41) is 13.9. The van der Waals surface area contributed by atoms with Gasteiger partial charge in [0.25, 0.3) is 0 Å². The van der Waals surface area contributed by atoms with Gasteiger partial charge < -0.3 is 15.7 Å². The first kappa shape index (κ1) is 12.5. The molecule has 1 fully saturated rings. The second-order valence-electron chi connectivity index (χ2n) is 3.85. The Labute approximate surface area is 93.4 Å². The highest BCUT2D eigenvalue weighted by molar-refractivity contribution is 6.04. The Bertz CT molecular complexity index is 310. The monoisotopic (exact) mass is 228 g/mol. The molecule has 0 unspecified atom stereocenters. The van der Waals surface area contributed by atoms with Crippen molar-refractivity contribution >= 4 is 17.8 Å². The molecule has 2 amide bonds. The van der Waals surface area contributed by atoms with Crippen LogP contribution in [0.5, 0.6) is 0 Å². The number of carboxylic acids is 1. The van der Waals surface area contributed by atoms with Crippen LogP contribution in [0.3, 0.4) is 0 Å². The fourth-order valence-corrected chi connectivity index (χ4v) is 1.41. The molecule has 0 spiro atoms. The summed E-state index contributed by atoms with van der Waals surface area (Å²) in [6.07, 6.45) is 0.944. The molecule has 6 heteroatoms. The standard InChI is InChI=1S/C10H16N2O4/c1-2-11-7(13)3-6-12-8(14)10(4-5-10)9(15)16/h2-6H2,1H3,(H,11,13)(H,12,14)(H,15,16). The van der Waals surface area contributed by atoms with E-state index in [1.165, 1.54) is 0 Å². The SMILES string of the molecule is CCNC(=O)CCNC(=O)C1(C(=O)O)CC1. The zero-order valence-electron chi connectivity index (χ0n) is 9.21. The highest BCUT2D eigenvalue weighted by atomic mass is 16.4. The third kappa shape index (κ3) is 2.71. The van der Waals surface area contributed by atoms with E-state index in [0.717, 1.165) is 0 Å². The summed E-state index contributed by atoms with van der Waals surface area (Å²) in [5.41, 5.74) is -1.22. The van der Waals surface area contributed by atoms with Gasteiger partial charge in [-0.15, -0.1) is 0 Å². The van der Waals surface area contributed by atoms with Gasteiger partial charge in [0, 0.05) is 19.5 Å². The van der Waals surface area contributed by atoms with E-state index in [0.29, 0.717) is 19.4 Å². The van der Waals surface area contributed by atoms with Crippen LogP contribution < -0.4 is 10.6 Å². The molecule has 1 aliphatic carbocycles. The van der Waals surface area contributed by atoms with E-state index in [-0.39, 0.29) is 18.9 Å². The van der Waals surface area contributed by atoms with E-state index in [1.807, 2.05) is 0 Å². The van der Waals surface area contributed by atoms with Gasteiger partial charge in [0.05, 0.1) is 0 Å². The van der Waals surface area contributed by atoms with Crippen LogP contribution in [0.1, 0.15) is 26.2 Å². The van der Waals surface area contributed by atoms with Crippen LogP contribution in [-0.4, -0.2) is 36.0 Å². The van der Waals surface area contributed by atoms with Crippen LogP contribution in [0.15, 0.2) is 0 Å². The molecule has 1 saturated carbocycles. The molecule has 90 valence electrons. The molecule has 0 saturated heterocycles. The summed E-state index contributed by atoms with van der Waals surface area (Å²) in [4.78, 5) is 33.3. The van der Waals surface area contributed by atoms with E-state index in [9.17, 15) is 14.4 Å². The molecular weight excluding hydrogens is 212 g/mol. The van der Waals surface area contributed by atoms with Gasteiger partial charge in [0.2, 0.25) is 11.8 Å². The Morgan fingerprint density at radius 2 is 1.88 bits per heavy atom. The first-order valence-corrected chi connectivity index (χ1v) is 5.31. The fourth-order valence-electron chi connectivity index (χ4n) is 1.41. The fraction of sp³-hybridized carbons (Fsp3) is 0.700. The van der Waals surface area contributed by atoms with Gasteiger partial charge in [-0.25, -0.2) is 0 Å². The quantitative estimate of drug-likeness (QED) is 0.534. The lowest BCUT2D eigenvalue weighted by atomic mass is 10.1. The minimum atomic E-state index is -1.22. The molecule has 0 heterocycles. The summed E-state index contributed by atoms with van der Waals surface area (Å²) >= 11 is 0. The maximum absolute atomic E-state index is 11.5. The lowest BCUT2D eigenvalue weighted by Gasteiger charge is -2.10. The third-order valence-electron chi connectivity index (χ3n) is 2.61. The lowest BCUT2D eigenvalue weighted by molar-refractivity contribution is -0.149. The smallest absolute Gasteiger partial charge is 0.319 e. The number of aliphatic carboxylic acids is 1. The number of amides is 2. The minimum absolute atomic E-state index is 0.150. The van der Waals surface area contributed by atoms with Gasteiger partial charge in [-0.3, -0.25) is 14.4 Å². The number of rotatable bonds is 6. The molecule has 3 N–H and O–H groups in total. The van der Waals surface area contributed by atoms with E-state index in [2.05, 4.69) is 10.6 Å². The van der Waals surface area contributed by atoms with Crippen molar-refractivity contribution in [3.05, 3.63) is 0 Å². The lowest BCUT2D eigenvalue weighted by Crippen LogP contribution is -2.38. The van der Waals surface area contributed by atoms with Crippen LogP contribution in [0, 0.1) is 5.41 Å². The van der Waals surface area contributed by atoms with Crippen molar-refractivity contribution in [1.82, 2.24) is 10.6 Å². The van der Waals surface area contributed by atoms with Crippen LogP contribution in [0.4, 0.5) is 0 Å². The van der Waals surface area contributed by atoms with Crippen molar-refractivity contribution in [2.45, 2.75) is 26.2 Å². The molecule has 0 radical (unpaired) electrons. The van der Waals surface area contributed by atoms with Gasteiger partial charge in [0.1, 0.15) is 5.41 Å². The molecule has 0 aromatic heterocycles. The van der Waals surface area contributed by atoms with Gasteiger partial charge in [-0.2, -0.15) is 0 Å². The number of carboxylic acid groups (broad SMARTS) is 1. The van der Waals surface area contributed by atoms with E-state index in [4.69, 9.17) is 5.11 Å². The molecule has 6 nitrogen and oxygen atoms in total. The van der Waals surface area contributed by atoms with Gasteiger partial charge in [-0.05, 0) is 19.8 Å². The summed E-state index contributed by atoms with van der Waals surface area (Å²) in [5.74, 6) is -1.71. The molecule has 0 aromatic carbocycles. The van der Waals surface area contributed by atoms with Crippen molar-refractivity contribution < 1.29 is 19.5 Å². The molecular formula is C10H16N2O4. The maximum Gasteiger partial charge on any atom is 0.319 e. The van der Waals surface area contributed by atoms with Crippen LogP contribution in [0.2, 0.25) is 0 Å². The summed E-state index contributed by atoms with van der Waals surface area (Å²) in [7, 11) is 0. The number of nitrogens with one attached hydrogen (secondary N) is 2. The van der Waals surface area contributed by atoms with Gasteiger partial charge in [0.15, 0.2) is 0 Å². The Hall–Kier alpha value is -1.59. The largest absolute Gasteiger partial charge is 0.480 e. The van der Waals surface area contributed by atoms with Crippen molar-refractivity contribution in [2.24, 2.45) is 5.41 Å². The Kier molecular flexibility index (Phi) is 3.87. The zero-order chi connectivity index (χ0) is 12.2. The number of hydrogen-bond donors (Lipinski definition) is 3. The number of hydrogen-bond acceptors (Lipinski definition) is 3. The van der Waals surface area contributed by atoms with Crippen molar-refractivity contribution in [3.63, 3.8) is 0 Å². The first-order valence-electron chi connectivity index (χ1n) is 5.31. The zero-order valence-corrected chi connectivity index (χ0v) is 9.21. The van der Waals surface area contributed by atoms with Crippen molar-refractivity contribution in [2.75, 3.05) is 13.1 Å². The molecule has 0 aromatic rings. The third-order valence-corrected chi connectivity index (χ3v) is 2.61. The van der Waals surface area contributed by atoms with Crippen molar-refractivity contribution in [3.8, 4) is 0 Å². The maximum atomic E-state index is 11.5. The Balaban J connectivity index is 2.26. The number of carbonyl (C=O) groups is 3. The van der Waals surface area contributed by atoms with Crippen molar-refractivity contribution in [1.29, 1.82) is 0 Å². The predicted molar refractivity (Wildman–Crippen MR) is 55.6 cm³/mol. The Morgan fingerprint density at radius 3 is 2.31 bits per heavy atom. The second-order valence-corrected chi connectivity index (χ2v) is 3.85. The second kappa shape index (κ2) is 4.96. The summed E-state index contributed by atoms with van der Waals surface area (Å²) < 4.78 is 0. The minimum Gasteiger partial charge on any atom is -0.480 e. The van der Waals surface area contributed by atoms with Crippen LogP contribution in [0.25, 0.3) is 0 Å². The highest BCUT2D eigenvalue weighted by Gasteiger charge is 2.56. The molecule has 0 bridgehead atoms. The predicted octanol–water partition coefficient (Wildman–Crippen LogP) is -0.506. The first-order chi connectivity index (χ1) is 7.53. The summed E-state index contributed by atoms with van der Waals surface area (Å²) in [6.45, 7) is 2.53. The summed E-state index contributed by atoms with van der Waals surface area (Å²) in [6, 6.07) is 0. The topological polar surface area (TPSA) is 95.5 Å². The molecule has 1 aliphatic rings. The Morgan fingerprint density at radius 1 is 1.25 bits per heavy atom. The van der Waals surface area contributed by atoms with E-state index < -0.39 is 17.3 Å². The number of carbonyl (C=O) groups excluding carboxylic acids is 2. The normalized spacial score (nSPS) is 16.3. The molecule has 16 heavy (non-hydrogen) atoms. The molecule has 0 aliphatic heterocycles. The molecule has 1 rings (SSSR count). The average Bonchev–Trinajstić information content (AvgIpc) is 2.98. The average molecular weight is 228 g/mol. The van der Waals surface area contributed by atoms with Gasteiger partial charge in [-0.1, -0.05) is 0 Å².